The van der Waals surface area contributed by atoms with Crippen LogP contribution in [0.2, 0.25) is 0 Å². The maximum Gasteiger partial charge on any atom is 0 e. The van der Waals surface area contributed by atoms with Crippen molar-refractivity contribution >= 4 is 41.9 Å². The third-order valence-electron chi connectivity index (χ3n) is 0. The Bertz CT molecular complexity index is 15.5. The predicted molar refractivity (Wildman–Crippen MR) is 16.2 cm³/mol. The minimum absolute atomic E-state index is 0. The number of rotatable bonds is 0. The quantitative estimate of drug-likeness (QED) is 0.454. The predicted octanol–water partition coefficient (Wildman–Crippen LogP) is -1.48. The molecular formula is H3CrLiMgMnNiO. The zero-order valence-corrected chi connectivity index (χ0v) is 7.99. The van der Waals surface area contributed by atoms with Crippen molar-refractivity contribution in [1.29, 1.82) is 0 Å². The topological polar surface area (TPSA) is 30.0 Å². The van der Waals surface area contributed by atoms with Crippen molar-refractivity contribution in [2.45, 2.75) is 0 Å². The smallest absolute Gasteiger partial charge is 0 e. The fourth-order valence-corrected chi connectivity index (χ4v) is 0. The molecule has 1 nitrogen and oxygen atoms in total. The molecule has 0 unspecified atom stereocenters. The van der Waals surface area contributed by atoms with E-state index in [1.807, 2.05) is 0 Å². The molecule has 0 spiro atoms. The van der Waals surface area contributed by atoms with Crippen LogP contribution < -0.4 is 0 Å². The van der Waals surface area contributed by atoms with E-state index in [0.717, 1.165) is 0 Å². The molecule has 0 aliphatic carbocycles. The van der Waals surface area contributed by atoms with Gasteiger partial charge in [-0.3, -0.25) is 0 Å². The number of hydrogen-bond donors (Lipinski definition) is 0. The zero-order valence-electron chi connectivity index (χ0n) is 2.55. The van der Waals surface area contributed by atoms with Crippen LogP contribution in [0.4, 0.5) is 0 Å². The molecule has 6 heteroatoms. The molecule has 0 atom stereocenters. The van der Waals surface area contributed by atoms with Gasteiger partial charge in [0.05, 0.1) is 0 Å². The van der Waals surface area contributed by atoms with Crippen LogP contribution in [0.25, 0.3) is 0 Å². The molecule has 1 radical (unpaired) electrons. The Labute approximate surface area is 96.9 Å². The van der Waals surface area contributed by atoms with Gasteiger partial charge in [-0.15, -0.1) is 0 Å². The van der Waals surface area contributed by atoms with Crippen LogP contribution in [0.1, 0.15) is 0 Å². The zero-order chi connectivity index (χ0) is 0. The van der Waals surface area contributed by atoms with Crippen molar-refractivity contribution < 1.29 is 56.4 Å². The third-order valence-corrected chi connectivity index (χ3v) is 0. The molecule has 0 saturated carbocycles. The van der Waals surface area contributed by atoms with Crippen LogP contribution in [0.3, 0.4) is 0 Å². The Morgan fingerprint density at radius 1 is 1.00 bits per heavy atom. The van der Waals surface area contributed by atoms with Crippen molar-refractivity contribution in [2.75, 3.05) is 0 Å². The minimum Gasteiger partial charge on any atom is -0.870 e. The summed E-state index contributed by atoms with van der Waals surface area (Å²) in [5, 5.41) is 0. The molecule has 0 aliphatic heterocycles. The molecule has 1 N–H and O–H groups in total. The van der Waals surface area contributed by atoms with Gasteiger partial charge in [-0.25, -0.2) is 0 Å². The molecular weight excluding hydrogens is 213 g/mol. The van der Waals surface area contributed by atoms with E-state index in [0.29, 0.717) is 0 Å². The maximum absolute atomic E-state index is 0. The van der Waals surface area contributed by atoms with Crippen LogP contribution in [-0.4, -0.2) is 47.4 Å². The normalized spacial score (nSPS) is 0. The van der Waals surface area contributed by atoms with Crippen LogP contribution >= 0.6 is 0 Å². The molecule has 35 valence electrons. The van der Waals surface area contributed by atoms with Crippen LogP contribution in [-0.2, 0) is 50.9 Å². The monoisotopic (exact) mass is 215 g/mol. The summed E-state index contributed by atoms with van der Waals surface area (Å²) in [5.74, 6) is 0. The molecule has 0 aromatic rings. The van der Waals surface area contributed by atoms with Gasteiger partial charge >= 0.3 is 41.9 Å². The van der Waals surface area contributed by atoms with Gasteiger partial charge in [-0.1, -0.05) is 0 Å². The van der Waals surface area contributed by atoms with Crippen LogP contribution in [0.5, 0.6) is 0 Å². The Morgan fingerprint density at radius 3 is 1.00 bits per heavy atom. The fraction of sp³-hybridized carbons (Fsp3) is 0. The van der Waals surface area contributed by atoms with E-state index in [4.69, 9.17) is 0 Å². The van der Waals surface area contributed by atoms with Gasteiger partial charge in [0.1, 0.15) is 0 Å². The van der Waals surface area contributed by atoms with Crippen molar-refractivity contribution in [2.24, 2.45) is 0 Å². The van der Waals surface area contributed by atoms with Crippen molar-refractivity contribution in [3.05, 3.63) is 0 Å². The molecule has 0 heterocycles. The summed E-state index contributed by atoms with van der Waals surface area (Å²) in [5.41, 5.74) is 0. The minimum atomic E-state index is 0. The third kappa shape index (κ3) is 28.7. The van der Waals surface area contributed by atoms with Gasteiger partial charge in [0.2, 0.25) is 0 Å². The summed E-state index contributed by atoms with van der Waals surface area (Å²) < 4.78 is 0. The Hall–Kier alpha value is 2.87. The summed E-state index contributed by atoms with van der Waals surface area (Å²) in [4.78, 5) is 0. The second-order valence-electron chi connectivity index (χ2n) is 0. The average Bonchev–Trinajstić information content (AvgIpc) is 0. The van der Waals surface area contributed by atoms with Gasteiger partial charge in [0.25, 0.3) is 0 Å². The van der Waals surface area contributed by atoms with Gasteiger partial charge in [0, 0.05) is 50.9 Å². The van der Waals surface area contributed by atoms with Gasteiger partial charge in [-0.2, -0.15) is 0 Å². The van der Waals surface area contributed by atoms with E-state index in [9.17, 15) is 0 Å². The first kappa shape index (κ1) is 66.7. The fourth-order valence-electron chi connectivity index (χ4n) is 0. The summed E-state index contributed by atoms with van der Waals surface area (Å²) in [6.45, 7) is 0. The van der Waals surface area contributed by atoms with E-state index >= 15 is 0 Å². The first-order valence-corrected chi connectivity index (χ1v) is 0. The Kier molecular flexibility index (Phi) is 502. The molecule has 0 bridgehead atoms. The molecule has 0 aliphatic rings. The average molecular weight is 216 g/mol. The van der Waals surface area contributed by atoms with E-state index in [1.54, 1.807) is 0 Å². The molecule has 0 fully saturated rings. The Morgan fingerprint density at radius 2 is 1.00 bits per heavy atom. The summed E-state index contributed by atoms with van der Waals surface area (Å²) in [7, 11) is 0. The van der Waals surface area contributed by atoms with Gasteiger partial charge < -0.3 is 5.48 Å². The first-order valence-electron chi connectivity index (χ1n) is 0. The standard InChI is InChI=1S/Cr.Li.Mg.Mn.Ni.H2O.2H/h;;;;;1H2;;/q;;+1;;;;;/p-1. The van der Waals surface area contributed by atoms with E-state index in [1.165, 1.54) is 0 Å². The second-order valence-corrected chi connectivity index (χ2v) is 0. The van der Waals surface area contributed by atoms with Crippen molar-refractivity contribution in [3.8, 4) is 0 Å². The van der Waals surface area contributed by atoms with E-state index < -0.39 is 0 Å². The summed E-state index contributed by atoms with van der Waals surface area (Å²) >= 11 is 0. The van der Waals surface area contributed by atoms with E-state index in [2.05, 4.69) is 0 Å². The molecule has 0 aromatic heterocycles. The number of hydrogen-bond acceptors (Lipinski definition) is 1. The molecule has 0 rings (SSSR count). The first-order chi connectivity index (χ1) is 0. The van der Waals surface area contributed by atoms with Gasteiger partial charge in [0.15, 0.2) is 0 Å². The molecule has 0 amide bonds. The SMILES string of the molecule is [Cr].[LiH].[MgH+].[Mn].[Ni].[OH-]. The molecule has 6 heavy (non-hydrogen) atoms. The largest absolute Gasteiger partial charge is 0.870 e. The Balaban J connectivity index is 0. The van der Waals surface area contributed by atoms with Crippen LogP contribution in [0.15, 0.2) is 0 Å². The summed E-state index contributed by atoms with van der Waals surface area (Å²) in [6, 6.07) is 0. The van der Waals surface area contributed by atoms with Crippen molar-refractivity contribution in [1.82, 2.24) is 0 Å². The second kappa shape index (κ2) is 45.1. The van der Waals surface area contributed by atoms with Crippen LogP contribution in [0, 0.1) is 0 Å². The molecule has 0 aromatic carbocycles. The van der Waals surface area contributed by atoms with Crippen molar-refractivity contribution in [3.63, 3.8) is 0 Å². The van der Waals surface area contributed by atoms with E-state index in [-0.39, 0.29) is 98.3 Å². The summed E-state index contributed by atoms with van der Waals surface area (Å²) in [6.07, 6.45) is 0. The molecule has 0 saturated heterocycles. The van der Waals surface area contributed by atoms with Gasteiger partial charge in [-0.05, 0) is 0 Å². The maximum atomic E-state index is 0.